The van der Waals surface area contributed by atoms with Crippen molar-refractivity contribution in [2.45, 2.75) is 32.2 Å². The summed E-state index contributed by atoms with van der Waals surface area (Å²) in [5.74, 6) is 1.05. The molecule has 3 nitrogen and oxygen atoms in total. The fourth-order valence-electron chi connectivity index (χ4n) is 2.12. The molecule has 1 fully saturated rings. The number of nitrogens with one attached hydrogen (secondary N) is 1. The lowest BCUT2D eigenvalue weighted by Gasteiger charge is -2.18. The lowest BCUT2D eigenvalue weighted by molar-refractivity contribution is 0.0934. The minimum absolute atomic E-state index is 0.00684. The summed E-state index contributed by atoms with van der Waals surface area (Å²) in [4.78, 5) is 16.7. The van der Waals surface area contributed by atoms with Crippen LogP contribution < -0.4 is 5.32 Å². The number of aromatic nitrogens is 1. The molecule has 16 heavy (non-hydrogen) atoms. The van der Waals surface area contributed by atoms with E-state index in [0.29, 0.717) is 16.7 Å². The van der Waals surface area contributed by atoms with Gasteiger partial charge >= 0.3 is 0 Å². The van der Waals surface area contributed by atoms with Gasteiger partial charge in [0.1, 0.15) is 4.88 Å². The first-order valence-corrected chi connectivity index (χ1v) is 6.85. The van der Waals surface area contributed by atoms with Crippen LogP contribution in [-0.2, 0) is 0 Å². The van der Waals surface area contributed by atoms with E-state index in [1.54, 1.807) is 6.20 Å². The first kappa shape index (κ1) is 11.9. The maximum atomic E-state index is 11.9. The van der Waals surface area contributed by atoms with Crippen LogP contribution in [0.5, 0.6) is 0 Å². The number of nitrogens with zero attached hydrogens (tertiary/aromatic N) is 1. The smallest absolute Gasteiger partial charge is 0.263 e. The third-order valence-corrected chi connectivity index (χ3v) is 4.33. The van der Waals surface area contributed by atoms with E-state index < -0.39 is 0 Å². The van der Waals surface area contributed by atoms with Gasteiger partial charge in [-0.1, -0.05) is 6.42 Å². The molecule has 1 aliphatic rings. The maximum absolute atomic E-state index is 11.9. The quantitative estimate of drug-likeness (QED) is 0.847. The summed E-state index contributed by atoms with van der Waals surface area (Å²) in [7, 11) is 0. The third kappa shape index (κ3) is 2.55. The number of thiazole rings is 1. The van der Waals surface area contributed by atoms with Crippen molar-refractivity contribution in [1.29, 1.82) is 0 Å². The minimum Gasteiger partial charge on any atom is -0.348 e. The number of carbonyl (C=O) groups is 1. The molecule has 0 aromatic carbocycles. The molecule has 88 valence electrons. The lowest BCUT2D eigenvalue weighted by atomic mass is 10.1. The van der Waals surface area contributed by atoms with Gasteiger partial charge in [0.25, 0.3) is 5.91 Å². The molecule has 0 spiro atoms. The van der Waals surface area contributed by atoms with E-state index in [9.17, 15) is 4.79 Å². The van der Waals surface area contributed by atoms with E-state index in [1.807, 2.05) is 6.92 Å². The van der Waals surface area contributed by atoms with Gasteiger partial charge in [-0.2, -0.15) is 0 Å². The summed E-state index contributed by atoms with van der Waals surface area (Å²) >= 11 is 7.31. The molecule has 2 rings (SSSR count). The molecule has 0 radical (unpaired) electrons. The largest absolute Gasteiger partial charge is 0.348 e. The van der Waals surface area contributed by atoms with Gasteiger partial charge in [-0.3, -0.25) is 4.79 Å². The van der Waals surface area contributed by atoms with Gasteiger partial charge in [-0.15, -0.1) is 22.9 Å². The highest BCUT2D eigenvalue weighted by Crippen LogP contribution is 2.27. The van der Waals surface area contributed by atoms with Gasteiger partial charge in [0.15, 0.2) is 0 Å². The second kappa shape index (κ2) is 5.15. The number of aryl methyl sites for hydroxylation is 1. The van der Waals surface area contributed by atoms with Gasteiger partial charge in [0.05, 0.1) is 11.2 Å². The Morgan fingerprint density at radius 3 is 3.12 bits per heavy atom. The standard InChI is InChI=1S/C11H15ClN2OS/c1-7-13-6-10(16-7)11(15)14-9-4-2-3-8(9)5-12/h6,8-9H,2-5H2,1H3,(H,14,15). The van der Waals surface area contributed by atoms with Crippen molar-refractivity contribution in [2.75, 3.05) is 5.88 Å². The van der Waals surface area contributed by atoms with E-state index in [1.165, 1.54) is 11.3 Å². The average Bonchev–Trinajstić information content (AvgIpc) is 2.86. The van der Waals surface area contributed by atoms with E-state index in [-0.39, 0.29) is 11.9 Å². The van der Waals surface area contributed by atoms with Gasteiger partial charge in [0.2, 0.25) is 0 Å². The first-order valence-electron chi connectivity index (χ1n) is 5.50. The zero-order valence-electron chi connectivity index (χ0n) is 9.20. The molecule has 0 saturated heterocycles. The Bertz CT molecular complexity index is 380. The third-order valence-electron chi connectivity index (χ3n) is 3.02. The molecule has 1 amide bonds. The summed E-state index contributed by atoms with van der Waals surface area (Å²) in [6, 6.07) is 0.243. The molecular formula is C11H15ClN2OS. The average molecular weight is 259 g/mol. The number of hydrogen-bond acceptors (Lipinski definition) is 3. The Balaban J connectivity index is 1.97. The molecule has 2 atom stereocenters. The molecular weight excluding hydrogens is 244 g/mol. The Hall–Kier alpha value is -0.610. The number of halogens is 1. The summed E-state index contributed by atoms with van der Waals surface area (Å²) < 4.78 is 0. The van der Waals surface area contributed by atoms with Crippen molar-refractivity contribution in [1.82, 2.24) is 10.3 Å². The second-order valence-corrected chi connectivity index (χ2v) is 5.71. The maximum Gasteiger partial charge on any atom is 0.263 e. The van der Waals surface area contributed by atoms with Crippen LogP contribution in [-0.4, -0.2) is 22.8 Å². The van der Waals surface area contributed by atoms with Crippen LogP contribution in [0.4, 0.5) is 0 Å². The van der Waals surface area contributed by atoms with Crippen molar-refractivity contribution < 1.29 is 4.79 Å². The van der Waals surface area contributed by atoms with E-state index in [2.05, 4.69) is 10.3 Å². The SMILES string of the molecule is Cc1ncc(C(=O)NC2CCCC2CCl)s1. The van der Waals surface area contributed by atoms with Gasteiger partial charge in [-0.25, -0.2) is 4.98 Å². The van der Waals surface area contributed by atoms with Crippen LogP contribution in [0.3, 0.4) is 0 Å². The van der Waals surface area contributed by atoms with Crippen LogP contribution in [0.15, 0.2) is 6.20 Å². The normalized spacial score (nSPS) is 24.6. The van der Waals surface area contributed by atoms with Gasteiger partial charge in [0, 0.05) is 11.9 Å². The predicted octanol–water partition coefficient (Wildman–Crippen LogP) is 2.59. The highest BCUT2D eigenvalue weighted by atomic mass is 35.5. The highest BCUT2D eigenvalue weighted by Gasteiger charge is 2.28. The van der Waals surface area contributed by atoms with E-state index in [0.717, 1.165) is 24.3 Å². The van der Waals surface area contributed by atoms with Crippen LogP contribution in [0.1, 0.15) is 33.9 Å². The van der Waals surface area contributed by atoms with Gasteiger partial charge in [-0.05, 0) is 25.7 Å². The van der Waals surface area contributed by atoms with Crippen LogP contribution in [0.25, 0.3) is 0 Å². The van der Waals surface area contributed by atoms with Crippen molar-refractivity contribution in [3.63, 3.8) is 0 Å². The summed E-state index contributed by atoms with van der Waals surface area (Å²) in [6.45, 7) is 1.90. The lowest BCUT2D eigenvalue weighted by Crippen LogP contribution is -2.37. The molecule has 1 aromatic heterocycles. The van der Waals surface area contributed by atoms with Crippen LogP contribution in [0.2, 0.25) is 0 Å². The van der Waals surface area contributed by atoms with Gasteiger partial charge < -0.3 is 5.32 Å². The van der Waals surface area contributed by atoms with Crippen molar-refractivity contribution in [3.05, 3.63) is 16.1 Å². The predicted molar refractivity (Wildman–Crippen MR) is 66.2 cm³/mol. The zero-order valence-corrected chi connectivity index (χ0v) is 10.8. The van der Waals surface area contributed by atoms with Crippen molar-refractivity contribution >= 4 is 28.8 Å². The molecule has 1 aromatic rings. The van der Waals surface area contributed by atoms with E-state index in [4.69, 9.17) is 11.6 Å². The monoisotopic (exact) mass is 258 g/mol. The van der Waals surface area contributed by atoms with Crippen molar-refractivity contribution in [3.8, 4) is 0 Å². The minimum atomic E-state index is -0.00684. The number of rotatable bonds is 3. The number of hydrogen-bond donors (Lipinski definition) is 1. The Labute approximate surface area is 104 Å². The summed E-state index contributed by atoms with van der Waals surface area (Å²) in [5, 5.41) is 3.98. The Morgan fingerprint density at radius 2 is 2.50 bits per heavy atom. The number of alkyl halides is 1. The zero-order chi connectivity index (χ0) is 11.5. The molecule has 1 saturated carbocycles. The second-order valence-electron chi connectivity index (χ2n) is 4.17. The Morgan fingerprint density at radius 1 is 1.69 bits per heavy atom. The fraction of sp³-hybridized carbons (Fsp3) is 0.636. The molecule has 1 N–H and O–H groups in total. The van der Waals surface area contributed by atoms with Crippen molar-refractivity contribution in [2.24, 2.45) is 5.92 Å². The summed E-state index contributed by atoms with van der Waals surface area (Å²) in [6.07, 6.45) is 4.96. The van der Waals surface area contributed by atoms with E-state index >= 15 is 0 Å². The molecule has 1 aliphatic carbocycles. The molecule has 0 aliphatic heterocycles. The number of carbonyl (C=O) groups excluding carboxylic acids is 1. The molecule has 2 unspecified atom stereocenters. The topological polar surface area (TPSA) is 42.0 Å². The summed E-state index contributed by atoms with van der Waals surface area (Å²) in [5.41, 5.74) is 0. The van der Waals surface area contributed by atoms with Crippen LogP contribution >= 0.6 is 22.9 Å². The molecule has 0 bridgehead atoms. The molecule has 1 heterocycles. The molecule has 5 heteroatoms. The first-order chi connectivity index (χ1) is 7.70. The van der Waals surface area contributed by atoms with Crippen LogP contribution in [0, 0.1) is 12.8 Å². The Kier molecular flexibility index (Phi) is 3.82. The highest BCUT2D eigenvalue weighted by molar-refractivity contribution is 7.13. The fourth-order valence-corrected chi connectivity index (χ4v) is 3.17. The number of amides is 1.